The molecule has 6 heteroatoms. The van der Waals surface area contributed by atoms with Crippen molar-refractivity contribution in [2.75, 3.05) is 6.61 Å². The molecule has 6 nitrogen and oxygen atoms in total. The van der Waals surface area contributed by atoms with E-state index >= 15 is 0 Å². The van der Waals surface area contributed by atoms with Gasteiger partial charge in [0.15, 0.2) is 0 Å². The van der Waals surface area contributed by atoms with Crippen molar-refractivity contribution in [1.82, 2.24) is 9.55 Å². The van der Waals surface area contributed by atoms with Gasteiger partial charge in [-0.15, -0.1) is 0 Å². The van der Waals surface area contributed by atoms with Crippen molar-refractivity contribution in [3.8, 4) is 0 Å². The molecule has 0 spiro atoms. The smallest absolute Gasteiger partial charge is 0.328 e. The lowest BCUT2D eigenvalue weighted by atomic mass is 10.3. The predicted molar refractivity (Wildman–Crippen MR) is 46.3 cm³/mol. The fourth-order valence-electron chi connectivity index (χ4n) is 0.974. The van der Waals surface area contributed by atoms with Gasteiger partial charge in [-0.1, -0.05) is 0 Å². The third-order valence-electron chi connectivity index (χ3n) is 1.65. The molecule has 0 aliphatic rings. The van der Waals surface area contributed by atoms with Crippen LogP contribution in [0.5, 0.6) is 0 Å². The van der Waals surface area contributed by atoms with Crippen molar-refractivity contribution < 1.29 is 5.11 Å². The number of hydrogen-bond donors (Lipinski definition) is 3. The van der Waals surface area contributed by atoms with E-state index in [1.165, 1.54) is 10.8 Å². The van der Waals surface area contributed by atoms with Crippen molar-refractivity contribution in [3.63, 3.8) is 0 Å². The van der Waals surface area contributed by atoms with Crippen LogP contribution in [0.4, 0.5) is 0 Å². The van der Waals surface area contributed by atoms with Crippen LogP contribution in [0.25, 0.3) is 0 Å². The number of aromatic amines is 1. The van der Waals surface area contributed by atoms with Crippen LogP contribution in [0.1, 0.15) is 5.56 Å². The quantitative estimate of drug-likeness (QED) is 0.506. The first-order chi connectivity index (χ1) is 6.19. The van der Waals surface area contributed by atoms with Gasteiger partial charge >= 0.3 is 5.69 Å². The Labute approximate surface area is 73.6 Å². The van der Waals surface area contributed by atoms with E-state index in [9.17, 15) is 9.59 Å². The second kappa shape index (κ2) is 4.01. The Morgan fingerprint density at radius 1 is 1.54 bits per heavy atom. The molecule has 1 rings (SSSR count). The van der Waals surface area contributed by atoms with Crippen molar-refractivity contribution in [3.05, 3.63) is 32.6 Å². The summed E-state index contributed by atoms with van der Waals surface area (Å²) in [6.07, 6.45) is 1.36. The molecule has 0 amide bonds. The van der Waals surface area contributed by atoms with E-state index in [-0.39, 0.29) is 19.7 Å². The third kappa shape index (κ3) is 2.04. The van der Waals surface area contributed by atoms with E-state index in [1.54, 1.807) is 0 Å². The second-order valence-corrected chi connectivity index (χ2v) is 2.53. The molecule has 0 radical (unpaired) electrons. The number of nitrogens with zero attached hydrogens (tertiary/aromatic N) is 1. The van der Waals surface area contributed by atoms with Crippen LogP contribution in [0.3, 0.4) is 0 Å². The molecule has 0 atom stereocenters. The second-order valence-electron chi connectivity index (χ2n) is 2.53. The first kappa shape index (κ1) is 9.69. The van der Waals surface area contributed by atoms with Gasteiger partial charge in [0, 0.05) is 18.3 Å². The van der Waals surface area contributed by atoms with E-state index in [1.807, 2.05) is 0 Å². The van der Waals surface area contributed by atoms with Crippen LogP contribution in [0.2, 0.25) is 0 Å². The van der Waals surface area contributed by atoms with Gasteiger partial charge in [-0.3, -0.25) is 14.3 Å². The summed E-state index contributed by atoms with van der Waals surface area (Å²) in [6.45, 7) is 0.0691. The molecule has 4 N–H and O–H groups in total. The fraction of sp³-hybridized carbons (Fsp3) is 0.429. The maximum atomic E-state index is 11.1. The molecule has 0 saturated carbocycles. The lowest BCUT2D eigenvalue weighted by Crippen LogP contribution is -2.33. The highest BCUT2D eigenvalue weighted by molar-refractivity contribution is 5.03. The standard InChI is InChI=1S/C7H11N3O3/c8-3-5-4-10(1-2-11)7(13)9-6(5)12/h4,11H,1-3,8H2,(H,9,12,13). The zero-order chi connectivity index (χ0) is 9.84. The molecule has 0 saturated heterocycles. The summed E-state index contributed by atoms with van der Waals surface area (Å²) >= 11 is 0. The Balaban J connectivity index is 3.22. The zero-order valence-corrected chi connectivity index (χ0v) is 6.99. The minimum atomic E-state index is -0.531. The van der Waals surface area contributed by atoms with Crippen LogP contribution in [-0.4, -0.2) is 21.3 Å². The molecule has 0 unspecified atom stereocenters. The monoisotopic (exact) mass is 185 g/mol. The van der Waals surface area contributed by atoms with Crippen LogP contribution >= 0.6 is 0 Å². The fourth-order valence-corrected chi connectivity index (χ4v) is 0.974. The molecule has 0 aromatic carbocycles. The maximum Gasteiger partial charge on any atom is 0.328 e. The largest absolute Gasteiger partial charge is 0.395 e. The third-order valence-corrected chi connectivity index (χ3v) is 1.65. The van der Waals surface area contributed by atoms with Crippen LogP contribution in [0, 0.1) is 0 Å². The molecule has 72 valence electrons. The maximum absolute atomic E-state index is 11.1. The van der Waals surface area contributed by atoms with Gasteiger partial charge in [-0.25, -0.2) is 4.79 Å². The average Bonchev–Trinajstić information content (AvgIpc) is 2.10. The number of aliphatic hydroxyl groups excluding tert-OH is 1. The Morgan fingerprint density at radius 3 is 2.77 bits per heavy atom. The number of nitrogens with one attached hydrogen (secondary N) is 1. The van der Waals surface area contributed by atoms with Gasteiger partial charge in [0.05, 0.1) is 13.2 Å². The van der Waals surface area contributed by atoms with Gasteiger partial charge in [0.25, 0.3) is 5.56 Å². The average molecular weight is 185 g/mol. The number of H-pyrrole nitrogens is 1. The summed E-state index contributed by atoms with van der Waals surface area (Å²) in [4.78, 5) is 24.2. The summed E-state index contributed by atoms with van der Waals surface area (Å²) in [5.74, 6) is 0. The molecule has 0 aliphatic heterocycles. The van der Waals surface area contributed by atoms with Crippen molar-refractivity contribution >= 4 is 0 Å². The van der Waals surface area contributed by atoms with Gasteiger partial charge in [-0.2, -0.15) is 0 Å². The summed E-state index contributed by atoms with van der Waals surface area (Å²) in [7, 11) is 0. The Bertz CT molecular complexity index is 393. The first-order valence-electron chi connectivity index (χ1n) is 3.82. The van der Waals surface area contributed by atoms with Gasteiger partial charge in [0.1, 0.15) is 0 Å². The van der Waals surface area contributed by atoms with Crippen molar-refractivity contribution in [2.24, 2.45) is 5.73 Å². The van der Waals surface area contributed by atoms with Crippen molar-refractivity contribution in [1.29, 1.82) is 0 Å². The zero-order valence-electron chi connectivity index (χ0n) is 6.99. The molecule has 13 heavy (non-hydrogen) atoms. The lowest BCUT2D eigenvalue weighted by Gasteiger charge is -2.03. The normalized spacial score (nSPS) is 10.3. The SMILES string of the molecule is NCc1cn(CCO)c(=O)[nH]c1=O. The molecule has 0 aliphatic carbocycles. The van der Waals surface area contributed by atoms with E-state index in [0.29, 0.717) is 5.56 Å². The van der Waals surface area contributed by atoms with Crippen LogP contribution in [-0.2, 0) is 13.1 Å². The minimum Gasteiger partial charge on any atom is -0.395 e. The molecule has 1 aromatic heterocycles. The highest BCUT2D eigenvalue weighted by Gasteiger charge is 2.01. The Kier molecular flexibility index (Phi) is 2.99. The topological polar surface area (TPSA) is 101 Å². The minimum absolute atomic E-state index is 0.0705. The molecule has 1 aromatic rings. The molecule has 0 bridgehead atoms. The van der Waals surface area contributed by atoms with Crippen molar-refractivity contribution in [2.45, 2.75) is 13.1 Å². The molecule has 1 heterocycles. The van der Waals surface area contributed by atoms with Crippen LogP contribution < -0.4 is 17.0 Å². The van der Waals surface area contributed by atoms with E-state index in [4.69, 9.17) is 10.8 Å². The number of aromatic nitrogens is 2. The molecular formula is C7H11N3O3. The number of aliphatic hydroxyl groups is 1. The van der Waals surface area contributed by atoms with E-state index in [2.05, 4.69) is 4.98 Å². The summed E-state index contributed by atoms with van der Waals surface area (Å²) in [5.41, 5.74) is 4.59. The predicted octanol–water partition coefficient (Wildman–Crippen LogP) is -2.01. The van der Waals surface area contributed by atoms with Gasteiger partial charge in [0.2, 0.25) is 0 Å². The Morgan fingerprint density at radius 2 is 2.23 bits per heavy atom. The number of hydrogen-bond acceptors (Lipinski definition) is 4. The Hall–Kier alpha value is -1.40. The van der Waals surface area contributed by atoms with Gasteiger partial charge < -0.3 is 10.8 Å². The lowest BCUT2D eigenvalue weighted by molar-refractivity contribution is 0.273. The highest BCUT2D eigenvalue weighted by Crippen LogP contribution is 1.84. The summed E-state index contributed by atoms with van der Waals surface area (Å²) < 4.78 is 1.21. The number of nitrogens with two attached hydrogens (primary N) is 1. The first-order valence-corrected chi connectivity index (χ1v) is 3.82. The highest BCUT2D eigenvalue weighted by atomic mass is 16.3. The summed E-state index contributed by atoms with van der Waals surface area (Å²) in [6, 6.07) is 0. The molecular weight excluding hydrogens is 174 g/mol. The van der Waals surface area contributed by atoms with E-state index in [0.717, 1.165) is 0 Å². The van der Waals surface area contributed by atoms with Crippen LogP contribution in [0.15, 0.2) is 15.8 Å². The van der Waals surface area contributed by atoms with Gasteiger partial charge in [-0.05, 0) is 0 Å². The number of rotatable bonds is 3. The molecule has 0 fully saturated rings. The van der Waals surface area contributed by atoms with E-state index < -0.39 is 11.2 Å². The summed E-state index contributed by atoms with van der Waals surface area (Å²) in [5, 5.41) is 8.59.